The number of hydrogen-bond acceptors (Lipinski definition) is 6. The average molecular weight is 416 g/mol. The number of Topliss-reactive ketones (excluding diaryl/α,β-unsaturated/α-hetero) is 1. The van der Waals surface area contributed by atoms with Gasteiger partial charge in [-0.05, 0) is 26.0 Å². The van der Waals surface area contributed by atoms with E-state index in [1.165, 1.54) is 11.8 Å². The Hall–Kier alpha value is -2.45. The van der Waals surface area contributed by atoms with Crippen LogP contribution in [0.5, 0.6) is 0 Å². The van der Waals surface area contributed by atoms with Crippen LogP contribution in [0.3, 0.4) is 0 Å². The molecule has 0 fully saturated rings. The second-order valence-corrected chi connectivity index (χ2v) is 9.23. The van der Waals surface area contributed by atoms with E-state index in [9.17, 15) is 13.2 Å². The van der Waals surface area contributed by atoms with Gasteiger partial charge in [0, 0.05) is 12.1 Å². The van der Waals surface area contributed by atoms with Gasteiger partial charge < -0.3 is 4.57 Å². The third kappa shape index (κ3) is 4.69. The topological polar surface area (TPSA) is 81.9 Å². The van der Waals surface area contributed by atoms with Gasteiger partial charge in [-0.25, -0.2) is 8.42 Å². The molecule has 0 aliphatic rings. The van der Waals surface area contributed by atoms with E-state index in [1.807, 2.05) is 32.0 Å². The smallest absolute Gasteiger partial charge is 0.191 e. The molecule has 0 saturated heterocycles. The lowest BCUT2D eigenvalue weighted by atomic mass is 10.2. The van der Waals surface area contributed by atoms with E-state index in [-0.39, 0.29) is 22.2 Å². The molecule has 0 amide bonds. The second kappa shape index (κ2) is 8.70. The zero-order valence-corrected chi connectivity index (χ0v) is 17.3. The predicted molar refractivity (Wildman–Crippen MR) is 109 cm³/mol. The standard InChI is InChI=1S/C20H21N3O3S2/c1-3-23-19(14-28(25,26)17-11-9-15(2)10-12-17)21-22-20(23)27-13-18(24)16-7-5-4-6-8-16/h4-12H,3,13-14H2,1-2H3. The molecule has 6 nitrogen and oxygen atoms in total. The molecule has 0 atom stereocenters. The van der Waals surface area contributed by atoms with Gasteiger partial charge >= 0.3 is 0 Å². The zero-order chi connectivity index (χ0) is 20.1. The number of benzene rings is 2. The summed E-state index contributed by atoms with van der Waals surface area (Å²) in [5, 5.41) is 8.71. The first kappa shape index (κ1) is 20.3. The lowest BCUT2D eigenvalue weighted by molar-refractivity contribution is 0.102. The molecule has 0 spiro atoms. The zero-order valence-electron chi connectivity index (χ0n) is 15.7. The average Bonchev–Trinajstić information content (AvgIpc) is 3.07. The maximum atomic E-state index is 12.7. The number of aryl methyl sites for hydroxylation is 1. The summed E-state index contributed by atoms with van der Waals surface area (Å²) in [6.45, 7) is 4.33. The molecular formula is C20H21N3O3S2. The lowest BCUT2D eigenvalue weighted by Crippen LogP contribution is -2.11. The minimum absolute atomic E-state index is 0.00919. The van der Waals surface area contributed by atoms with Gasteiger partial charge in [-0.15, -0.1) is 10.2 Å². The van der Waals surface area contributed by atoms with Crippen molar-refractivity contribution in [2.75, 3.05) is 5.75 Å². The molecule has 3 rings (SSSR count). The SMILES string of the molecule is CCn1c(CS(=O)(=O)c2ccc(C)cc2)nnc1SCC(=O)c1ccccc1. The molecule has 0 saturated carbocycles. The van der Waals surface area contributed by atoms with E-state index in [1.54, 1.807) is 41.0 Å². The molecule has 0 bridgehead atoms. The Labute approximate surface area is 168 Å². The number of sulfone groups is 1. The fourth-order valence-electron chi connectivity index (χ4n) is 2.69. The van der Waals surface area contributed by atoms with Crippen molar-refractivity contribution in [3.8, 4) is 0 Å². The Bertz CT molecular complexity index is 1060. The van der Waals surface area contributed by atoms with E-state index in [0.29, 0.717) is 23.1 Å². The number of aromatic nitrogens is 3. The second-order valence-electron chi connectivity index (χ2n) is 6.29. The maximum absolute atomic E-state index is 12.7. The lowest BCUT2D eigenvalue weighted by Gasteiger charge is -2.08. The number of carbonyl (C=O) groups excluding carboxylic acids is 1. The van der Waals surface area contributed by atoms with Crippen molar-refractivity contribution >= 4 is 27.4 Å². The predicted octanol–water partition coefficient (Wildman–Crippen LogP) is 3.56. The Morgan fingerprint density at radius 1 is 1.04 bits per heavy atom. The molecule has 0 aliphatic carbocycles. The molecule has 0 radical (unpaired) electrons. The van der Waals surface area contributed by atoms with E-state index in [2.05, 4.69) is 10.2 Å². The van der Waals surface area contributed by atoms with Gasteiger partial charge in [-0.2, -0.15) is 0 Å². The van der Waals surface area contributed by atoms with E-state index in [4.69, 9.17) is 0 Å². The van der Waals surface area contributed by atoms with E-state index >= 15 is 0 Å². The third-order valence-electron chi connectivity index (χ3n) is 4.24. The van der Waals surface area contributed by atoms with Crippen molar-refractivity contribution < 1.29 is 13.2 Å². The Morgan fingerprint density at radius 2 is 1.71 bits per heavy atom. The van der Waals surface area contributed by atoms with Gasteiger partial charge in [0.2, 0.25) is 0 Å². The van der Waals surface area contributed by atoms with Crippen molar-refractivity contribution in [1.82, 2.24) is 14.8 Å². The summed E-state index contributed by atoms with van der Waals surface area (Å²) >= 11 is 1.26. The van der Waals surface area contributed by atoms with Crippen LogP contribution < -0.4 is 0 Å². The summed E-state index contributed by atoms with van der Waals surface area (Å²) < 4.78 is 27.1. The molecule has 3 aromatic rings. The number of carbonyl (C=O) groups is 1. The molecular weight excluding hydrogens is 394 g/mol. The van der Waals surface area contributed by atoms with Gasteiger partial charge in [-0.3, -0.25) is 4.79 Å². The summed E-state index contributed by atoms with van der Waals surface area (Å²) in [6, 6.07) is 15.8. The summed E-state index contributed by atoms with van der Waals surface area (Å²) in [7, 11) is -3.52. The fourth-order valence-corrected chi connectivity index (χ4v) is 4.87. The highest BCUT2D eigenvalue weighted by Gasteiger charge is 2.21. The summed E-state index contributed by atoms with van der Waals surface area (Å²) in [5.41, 5.74) is 1.64. The van der Waals surface area contributed by atoms with Crippen LogP contribution in [0.2, 0.25) is 0 Å². The third-order valence-corrected chi connectivity index (χ3v) is 6.83. The molecule has 2 aromatic carbocycles. The van der Waals surface area contributed by atoms with Crippen LogP contribution in [0, 0.1) is 6.92 Å². The Balaban J connectivity index is 1.74. The molecule has 8 heteroatoms. The highest BCUT2D eigenvalue weighted by molar-refractivity contribution is 7.99. The highest BCUT2D eigenvalue weighted by atomic mass is 32.2. The van der Waals surface area contributed by atoms with Crippen molar-refractivity contribution in [2.24, 2.45) is 0 Å². The Kier molecular flexibility index (Phi) is 6.31. The first-order valence-corrected chi connectivity index (χ1v) is 11.5. The maximum Gasteiger partial charge on any atom is 0.191 e. The molecule has 0 N–H and O–H groups in total. The van der Waals surface area contributed by atoms with Crippen LogP contribution in [0.1, 0.15) is 28.7 Å². The molecule has 1 aromatic heterocycles. The minimum atomic E-state index is -3.52. The molecule has 1 heterocycles. The first-order valence-electron chi connectivity index (χ1n) is 8.83. The van der Waals surface area contributed by atoms with Gasteiger partial charge in [0.1, 0.15) is 11.6 Å². The van der Waals surface area contributed by atoms with Gasteiger partial charge in [0.25, 0.3) is 0 Å². The van der Waals surface area contributed by atoms with Crippen LogP contribution in [-0.4, -0.2) is 34.7 Å². The number of ketones is 1. The van der Waals surface area contributed by atoms with Gasteiger partial charge in [-0.1, -0.05) is 59.8 Å². The molecule has 0 aliphatic heterocycles. The van der Waals surface area contributed by atoms with Crippen molar-refractivity contribution in [1.29, 1.82) is 0 Å². The molecule has 0 unspecified atom stereocenters. The largest absolute Gasteiger partial charge is 0.305 e. The Morgan fingerprint density at radius 3 is 2.36 bits per heavy atom. The monoisotopic (exact) mass is 415 g/mol. The summed E-state index contributed by atoms with van der Waals surface area (Å²) in [4.78, 5) is 12.6. The van der Waals surface area contributed by atoms with Gasteiger partial charge in [0.15, 0.2) is 20.8 Å². The highest BCUT2D eigenvalue weighted by Crippen LogP contribution is 2.22. The van der Waals surface area contributed by atoms with Crippen LogP contribution >= 0.6 is 11.8 Å². The number of rotatable bonds is 8. The quantitative estimate of drug-likeness (QED) is 0.413. The van der Waals surface area contributed by atoms with Crippen molar-refractivity contribution in [2.45, 2.75) is 36.2 Å². The minimum Gasteiger partial charge on any atom is -0.305 e. The number of nitrogens with zero attached hydrogens (tertiary/aromatic N) is 3. The number of hydrogen-bond donors (Lipinski definition) is 0. The molecule has 28 heavy (non-hydrogen) atoms. The molecule has 146 valence electrons. The number of thioether (sulfide) groups is 1. The van der Waals surface area contributed by atoms with E-state index < -0.39 is 9.84 Å². The van der Waals surface area contributed by atoms with Crippen LogP contribution in [0.15, 0.2) is 64.6 Å². The van der Waals surface area contributed by atoms with Crippen molar-refractivity contribution in [3.63, 3.8) is 0 Å². The summed E-state index contributed by atoms with van der Waals surface area (Å²) in [6.07, 6.45) is 0. The fraction of sp³-hybridized carbons (Fsp3) is 0.250. The van der Waals surface area contributed by atoms with Crippen molar-refractivity contribution in [3.05, 3.63) is 71.5 Å². The van der Waals surface area contributed by atoms with Crippen LogP contribution in [-0.2, 0) is 22.1 Å². The first-order chi connectivity index (χ1) is 13.4. The van der Waals surface area contributed by atoms with E-state index in [0.717, 1.165) is 5.56 Å². The van der Waals surface area contributed by atoms with Gasteiger partial charge in [0.05, 0.1) is 10.6 Å². The summed E-state index contributed by atoms with van der Waals surface area (Å²) in [5.74, 6) is 0.347. The normalized spacial score (nSPS) is 11.5. The van der Waals surface area contributed by atoms with Crippen LogP contribution in [0.4, 0.5) is 0 Å². The van der Waals surface area contributed by atoms with Crippen LogP contribution in [0.25, 0.3) is 0 Å².